The number of esters is 2. The highest BCUT2D eigenvalue weighted by Gasteiger charge is 2.25. The zero-order valence-electron chi connectivity index (χ0n) is 14.5. The van der Waals surface area contributed by atoms with E-state index in [9.17, 15) is 18.4 Å². The average molecular weight is 360 g/mol. The molecule has 0 aromatic heterocycles. The van der Waals surface area contributed by atoms with E-state index in [4.69, 9.17) is 9.47 Å². The summed E-state index contributed by atoms with van der Waals surface area (Å²) in [6, 6.07) is 3.75. The van der Waals surface area contributed by atoms with Crippen LogP contribution in [-0.2, 0) is 14.3 Å². The summed E-state index contributed by atoms with van der Waals surface area (Å²) in [7, 11) is 0. The quantitative estimate of drug-likeness (QED) is 0.436. The van der Waals surface area contributed by atoms with Crippen LogP contribution < -0.4 is 4.74 Å². The molecule has 0 fully saturated rings. The SMILES string of the molecule is C=C(C)C(=O)OC1=CCC(c2ccc(OC(=O)C(=C)C)cc2F)C(F)=C1. The van der Waals surface area contributed by atoms with Gasteiger partial charge in [0.2, 0.25) is 0 Å². The van der Waals surface area contributed by atoms with Gasteiger partial charge in [-0.3, -0.25) is 0 Å². The summed E-state index contributed by atoms with van der Waals surface area (Å²) >= 11 is 0. The number of ether oxygens (including phenoxy) is 2. The summed E-state index contributed by atoms with van der Waals surface area (Å²) < 4.78 is 38.6. The van der Waals surface area contributed by atoms with Crippen molar-refractivity contribution in [1.29, 1.82) is 0 Å². The van der Waals surface area contributed by atoms with Crippen molar-refractivity contribution in [2.75, 3.05) is 0 Å². The van der Waals surface area contributed by atoms with Gasteiger partial charge < -0.3 is 9.47 Å². The van der Waals surface area contributed by atoms with E-state index >= 15 is 0 Å². The fourth-order valence-corrected chi connectivity index (χ4v) is 2.23. The largest absolute Gasteiger partial charge is 0.423 e. The molecule has 0 amide bonds. The Morgan fingerprint density at radius 1 is 1.08 bits per heavy atom. The van der Waals surface area contributed by atoms with Crippen LogP contribution in [0.15, 0.2) is 66.2 Å². The molecule has 0 saturated heterocycles. The molecule has 2 rings (SSSR count). The van der Waals surface area contributed by atoms with Crippen molar-refractivity contribution in [3.63, 3.8) is 0 Å². The highest BCUT2D eigenvalue weighted by Crippen LogP contribution is 2.36. The Hall–Kier alpha value is -3.02. The molecule has 1 unspecified atom stereocenters. The van der Waals surface area contributed by atoms with E-state index in [1.165, 1.54) is 32.1 Å². The van der Waals surface area contributed by atoms with Crippen LogP contribution >= 0.6 is 0 Å². The Labute approximate surface area is 150 Å². The van der Waals surface area contributed by atoms with Crippen molar-refractivity contribution in [2.24, 2.45) is 0 Å². The zero-order valence-corrected chi connectivity index (χ0v) is 14.5. The van der Waals surface area contributed by atoms with Crippen LogP contribution in [-0.4, -0.2) is 11.9 Å². The van der Waals surface area contributed by atoms with Gasteiger partial charge in [-0.25, -0.2) is 18.4 Å². The van der Waals surface area contributed by atoms with Crippen molar-refractivity contribution in [1.82, 2.24) is 0 Å². The van der Waals surface area contributed by atoms with Gasteiger partial charge in [-0.1, -0.05) is 19.2 Å². The topological polar surface area (TPSA) is 52.6 Å². The van der Waals surface area contributed by atoms with Crippen LogP contribution in [0.4, 0.5) is 8.78 Å². The van der Waals surface area contributed by atoms with Crippen molar-refractivity contribution in [3.8, 4) is 5.75 Å². The molecule has 1 aromatic rings. The molecule has 0 bridgehead atoms. The lowest BCUT2D eigenvalue weighted by Crippen LogP contribution is -2.11. The van der Waals surface area contributed by atoms with Crippen LogP contribution in [0.3, 0.4) is 0 Å². The average Bonchev–Trinajstić information content (AvgIpc) is 2.55. The van der Waals surface area contributed by atoms with Gasteiger partial charge in [0.05, 0.1) is 0 Å². The van der Waals surface area contributed by atoms with Crippen LogP contribution in [0.2, 0.25) is 0 Å². The minimum Gasteiger partial charge on any atom is -0.423 e. The molecule has 1 aliphatic rings. The smallest absolute Gasteiger partial charge is 0.338 e. The van der Waals surface area contributed by atoms with E-state index in [2.05, 4.69) is 13.2 Å². The number of allylic oxidation sites excluding steroid dienone is 3. The molecular formula is C20H18F2O4. The molecule has 0 heterocycles. The number of hydrogen-bond acceptors (Lipinski definition) is 4. The molecule has 136 valence electrons. The Bertz CT molecular complexity index is 849. The fourth-order valence-electron chi connectivity index (χ4n) is 2.23. The Morgan fingerprint density at radius 3 is 2.23 bits per heavy atom. The molecular weight excluding hydrogens is 342 g/mol. The summed E-state index contributed by atoms with van der Waals surface area (Å²) in [4.78, 5) is 22.9. The van der Waals surface area contributed by atoms with E-state index in [0.717, 1.165) is 12.1 Å². The second-order valence-electron chi connectivity index (χ2n) is 5.95. The lowest BCUT2D eigenvalue weighted by Gasteiger charge is -2.20. The number of carbonyl (C=O) groups is 2. The van der Waals surface area contributed by atoms with Gasteiger partial charge in [-0.15, -0.1) is 0 Å². The molecule has 0 radical (unpaired) electrons. The van der Waals surface area contributed by atoms with Crippen molar-refractivity contribution < 1.29 is 27.8 Å². The van der Waals surface area contributed by atoms with Crippen molar-refractivity contribution in [3.05, 3.63) is 77.6 Å². The van der Waals surface area contributed by atoms with Crippen LogP contribution in [0.25, 0.3) is 0 Å². The van der Waals surface area contributed by atoms with Gasteiger partial charge in [0.25, 0.3) is 0 Å². The van der Waals surface area contributed by atoms with E-state index in [0.29, 0.717) is 0 Å². The number of halogens is 2. The van der Waals surface area contributed by atoms with E-state index in [1.54, 1.807) is 0 Å². The normalized spacial score (nSPS) is 16.2. The van der Waals surface area contributed by atoms with Gasteiger partial charge in [0, 0.05) is 29.2 Å². The molecule has 1 atom stereocenters. The number of rotatable bonds is 5. The molecule has 0 aliphatic heterocycles. The summed E-state index contributed by atoms with van der Waals surface area (Å²) in [6.45, 7) is 9.84. The molecule has 26 heavy (non-hydrogen) atoms. The lowest BCUT2D eigenvalue weighted by molar-refractivity contribution is -0.134. The van der Waals surface area contributed by atoms with Crippen LogP contribution in [0, 0.1) is 5.82 Å². The Morgan fingerprint density at radius 2 is 1.69 bits per heavy atom. The van der Waals surface area contributed by atoms with E-state index in [-0.39, 0.29) is 34.6 Å². The summed E-state index contributed by atoms with van der Waals surface area (Å²) in [5, 5.41) is 0. The van der Waals surface area contributed by atoms with Crippen molar-refractivity contribution in [2.45, 2.75) is 26.2 Å². The molecule has 0 N–H and O–H groups in total. The fraction of sp³-hybridized carbons (Fsp3) is 0.200. The van der Waals surface area contributed by atoms with E-state index < -0.39 is 29.5 Å². The molecule has 0 saturated carbocycles. The van der Waals surface area contributed by atoms with Gasteiger partial charge in [0.15, 0.2) is 0 Å². The summed E-state index contributed by atoms with van der Waals surface area (Å²) in [5.41, 5.74) is 0.473. The second-order valence-corrected chi connectivity index (χ2v) is 5.95. The first-order valence-electron chi connectivity index (χ1n) is 7.81. The third-order valence-electron chi connectivity index (χ3n) is 3.63. The van der Waals surface area contributed by atoms with Crippen LogP contribution in [0.1, 0.15) is 31.7 Å². The van der Waals surface area contributed by atoms with Gasteiger partial charge >= 0.3 is 11.9 Å². The lowest BCUT2D eigenvalue weighted by atomic mass is 9.90. The van der Waals surface area contributed by atoms with Crippen LogP contribution in [0.5, 0.6) is 5.75 Å². The minimum atomic E-state index is -0.854. The third-order valence-corrected chi connectivity index (χ3v) is 3.63. The standard InChI is InChI=1S/C20H18F2O4/c1-11(2)19(23)25-13-5-7-15(17(21)9-13)16-8-6-14(10-18(16)22)26-20(24)12(3)4/h5-7,9-10,16H,1,3,8H2,2,4H3. The minimum absolute atomic E-state index is 0.00562. The highest BCUT2D eigenvalue weighted by molar-refractivity contribution is 5.89. The van der Waals surface area contributed by atoms with Gasteiger partial charge in [0.1, 0.15) is 23.2 Å². The maximum atomic E-state index is 14.4. The predicted molar refractivity (Wildman–Crippen MR) is 92.4 cm³/mol. The second kappa shape index (κ2) is 7.91. The van der Waals surface area contributed by atoms with Crippen molar-refractivity contribution >= 4 is 11.9 Å². The Kier molecular flexibility index (Phi) is 5.87. The number of benzene rings is 1. The first-order valence-corrected chi connectivity index (χ1v) is 7.81. The third kappa shape index (κ3) is 4.53. The number of carbonyl (C=O) groups excluding carboxylic acids is 2. The first kappa shape index (κ1) is 19.3. The van der Waals surface area contributed by atoms with E-state index in [1.807, 2.05) is 0 Å². The van der Waals surface area contributed by atoms with Gasteiger partial charge in [-0.05, 0) is 38.0 Å². The summed E-state index contributed by atoms with van der Waals surface area (Å²) in [6.07, 6.45) is 2.66. The maximum Gasteiger partial charge on any atom is 0.338 e. The molecule has 6 heteroatoms. The first-order chi connectivity index (χ1) is 12.2. The van der Waals surface area contributed by atoms with Gasteiger partial charge in [-0.2, -0.15) is 0 Å². The highest BCUT2D eigenvalue weighted by atomic mass is 19.1. The maximum absolute atomic E-state index is 14.4. The number of hydrogen-bond donors (Lipinski definition) is 0. The molecule has 4 nitrogen and oxygen atoms in total. The molecule has 0 spiro atoms. The molecule has 1 aromatic carbocycles. The monoisotopic (exact) mass is 360 g/mol. The molecule has 1 aliphatic carbocycles. The Balaban J connectivity index is 2.15. The predicted octanol–water partition coefficient (Wildman–Crippen LogP) is 4.65. The zero-order chi connectivity index (χ0) is 19.4. The summed E-state index contributed by atoms with van der Waals surface area (Å²) in [5.74, 6) is -3.47.